The molecule has 0 aliphatic rings. The smallest absolute Gasteiger partial charge is 0.166 e. The predicted octanol–water partition coefficient (Wildman–Crippen LogP) is 0.644. The van der Waals surface area contributed by atoms with Crippen molar-refractivity contribution < 1.29 is 0 Å². The van der Waals surface area contributed by atoms with Crippen molar-refractivity contribution in [3.63, 3.8) is 0 Å². The zero-order chi connectivity index (χ0) is 13.5. The van der Waals surface area contributed by atoms with Crippen molar-refractivity contribution in [2.75, 3.05) is 27.2 Å². The Morgan fingerprint density at radius 1 is 1.44 bits per heavy atom. The fourth-order valence-electron chi connectivity index (χ4n) is 1.66. The topological polar surface area (TPSA) is 45.1 Å². The summed E-state index contributed by atoms with van der Waals surface area (Å²) in [4.78, 5) is 2.16. The molecule has 0 aliphatic carbocycles. The zero-order valence-corrected chi connectivity index (χ0v) is 12.5. The maximum absolute atomic E-state index is 5.22. The highest BCUT2D eigenvalue weighted by molar-refractivity contribution is 7.80. The zero-order valence-electron chi connectivity index (χ0n) is 11.7. The quantitative estimate of drug-likeness (QED) is 0.586. The summed E-state index contributed by atoms with van der Waals surface area (Å²) in [5.74, 6) is 0. The van der Waals surface area contributed by atoms with Gasteiger partial charge >= 0.3 is 0 Å². The van der Waals surface area contributed by atoms with Gasteiger partial charge in [-0.3, -0.25) is 4.68 Å². The van der Waals surface area contributed by atoms with Crippen LogP contribution in [0.2, 0.25) is 0 Å². The summed E-state index contributed by atoms with van der Waals surface area (Å²) in [6, 6.07) is 0. The van der Waals surface area contributed by atoms with Gasteiger partial charge in [0.2, 0.25) is 0 Å². The van der Waals surface area contributed by atoms with E-state index in [1.54, 1.807) is 0 Å². The summed E-state index contributed by atoms with van der Waals surface area (Å²) in [7, 11) is 6.07. The van der Waals surface area contributed by atoms with Crippen molar-refractivity contribution in [1.82, 2.24) is 25.3 Å². The lowest BCUT2D eigenvalue weighted by Gasteiger charge is -2.12. The molecular weight excluding hydrogens is 246 g/mol. The lowest BCUT2D eigenvalue weighted by Crippen LogP contribution is -2.36. The predicted molar refractivity (Wildman–Crippen MR) is 78.6 cm³/mol. The Balaban J connectivity index is 2.19. The van der Waals surface area contributed by atoms with E-state index in [0.717, 1.165) is 31.7 Å². The highest BCUT2D eigenvalue weighted by atomic mass is 32.1. The standard InChI is InChI=1S/C12H23N5S/c1-10-11(9-17(4)15-10)8-14-12(18)13-6-5-7-16(2)3/h9H,5-8H2,1-4H3,(H2,13,14,18). The summed E-state index contributed by atoms with van der Waals surface area (Å²) in [6.07, 6.45) is 3.09. The molecule has 0 saturated heterocycles. The first-order valence-electron chi connectivity index (χ1n) is 6.14. The Morgan fingerprint density at radius 3 is 2.72 bits per heavy atom. The van der Waals surface area contributed by atoms with Crippen LogP contribution in [0.25, 0.3) is 0 Å². The van der Waals surface area contributed by atoms with Crippen LogP contribution in [0.1, 0.15) is 17.7 Å². The summed E-state index contributed by atoms with van der Waals surface area (Å²) in [5.41, 5.74) is 2.22. The average Bonchev–Trinajstić information content (AvgIpc) is 2.60. The molecule has 0 aliphatic heterocycles. The van der Waals surface area contributed by atoms with E-state index in [2.05, 4.69) is 34.7 Å². The average molecular weight is 269 g/mol. The van der Waals surface area contributed by atoms with E-state index < -0.39 is 0 Å². The normalized spacial score (nSPS) is 10.7. The number of nitrogens with zero attached hydrogens (tertiary/aromatic N) is 3. The van der Waals surface area contributed by atoms with E-state index >= 15 is 0 Å². The van der Waals surface area contributed by atoms with Crippen LogP contribution in [0.3, 0.4) is 0 Å². The number of hydrogen-bond donors (Lipinski definition) is 2. The minimum Gasteiger partial charge on any atom is -0.363 e. The van der Waals surface area contributed by atoms with Gasteiger partial charge < -0.3 is 15.5 Å². The van der Waals surface area contributed by atoms with Gasteiger partial charge in [-0.1, -0.05) is 0 Å². The third-order valence-electron chi connectivity index (χ3n) is 2.62. The Morgan fingerprint density at radius 2 is 2.17 bits per heavy atom. The third-order valence-corrected chi connectivity index (χ3v) is 2.91. The Hall–Kier alpha value is -1.14. The first-order valence-corrected chi connectivity index (χ1v) is 6.55. The van der Waals surface area contributed by atoms with Gasteiger partial charge in [-0.2, -0.15) is 5.10 Å². The van der Waals surface area contributed by atoms with Gasteiger partial charge in [0.05, 0.1) is 5.69 Å². The molecule has 0 aromatic carbocycles. The van der Waals surface area contributed by atoms with Gasteiger partial charge in [0.1, 0.15) is 0 Å². The summed E-state index contributed by atoms with van der Waals surface area (Å²) < 4.78 is 1.82. The van der Waals surface area contributed by atoms with E-state index in [1.165, 1.54) is 5.56 Å². The summed E-state index contributed by atoms with van der Waals surface area (Å²) >= 11 is 5.22. The molecule has 0 bridgehead atoms. The first kappa shape index (κ1) is 14.9. The van der Waals surface area contributed by atoms with Crippen molar-refractivity contribution in [2.24, 2.45) is 7.05 Å². The van der Waals surface area contributed by atoms with Crippen LogP contribution >= 0.6 is 12.2 Å². The number of thiocarbonyl (C=S) groups is 1. The molecule has 18 heavy (non-hydrogen) atoms. The number of rotatable bonds is 6. The van der Waals surface area contributed by atoms with Crippen molar-refractivity contribution in [3.8, 4) is 0 Å². The largest absolute Gasteiger partial charge is 0.363 e. The molecule has 1 aromatic rings. The van der Waals surface area contributed by atoms with Crippen LogP contribution in [0.5, 0.6) is 0 Å². The molecule has 0 atom stereocenters. The van der Waals surface area contributed by atoms with Gasteiger partial charge in [0.25, 0.3) is 0 Å². The van der Waals surface area contributed by atoms with Gasteiger partial charge in [-0.25, -0.2) is 0 Å². The number of aromatic nitrogens is 2. The summed E-state index contributed by atoms with van der Waals surface area (Å²) in [6.45, 7) is 4.69. The van der Waals surface area contributed by atoms with Crippen LogP contribution in [-0.4, -0.2) is 47.0 Å². The van der Waals surface area contributed by atoms with Crippen LogP contribution < -0.4 is 10.6 Å². The molecule has 0 saturated carbocycles. The highest BCUT2D eigenvalue weighted by Gasteiger charge is 2.03. The van der Waals surface area contributed by atoms with E-state index in [4.69, 9.17) is 12.2 Å². The van der Waals surface area contributed by atoms with Gasteiger partial charge in [0.15, 0.2) is 5.11 Å². The molecule has 1 heterocycles. The van der Waals surface area contributed by atoms with Gasteiger partial charge in [-0.15, -0.1) is 0 Å². The SMILES string of the molecule is Cc1nn(C)cc1CNC(=S)NCCCN(C)C. The molecule has 0 radical (unpaired) electrons. The maximum Gasteiger partial charge on any atom is 0.166 e. The van der Waals surface area contributed by atoms with Crippen molar-refractivity contribution >= 4 is 17.3 Å². The monoisotopic (exact) mass is 269 g/mol. The third kappa shape index (κ3) is 5.46. The van der Waals surface area contributed by atoms with Crippen LogP contribution in [0, 0.1) is 6.92 Å². The number of aryl methyl sites for hydroxylation is 2. The minimum atomic E-state index is 0.706. The lowest BCUT2D eigenvalue weighted by atomic mass is 10.3. The van der Waals surface area contributed by atoms with Gasteiger partial charge in [-0.05, 0) is 46.2 Å². The Labute approximate surface area is 115 Å². The first-order chi connectivity index (χ1) is 8.49. The molecule has 0 spiro atoms. The van der Waals surface area contributed by atoms with Crippen molar-refractivity contribution in [2.45, 2.75) is 19.9 Å². The molecule has 0 fully saturated rings. The van der Waals surface area contributed by atoms with Crippen LogP contribution in [0.4, 0.5) is 0 Å². The maximum atomic E-state index is 5.22. The minimum absolute atomic E-state index is 0.706. The Bertz CT molecular complexity index is 386. The second kappa shape index (κ2) is 7.33. The second-order valence-corrected chi connectivity index (χ2v) is 5.09. The van der Waals surface area contributed by atoms with Gasteiger partial charge in [0, 0.05) is 31.9 Å². The van der Waals surface area contributed by atoms with E-state index in [1.807, 2.05) is 24.9 Å². The van der Waals surface area contributed by atoms with Crippen molar-refractivity contribution in [3.05, 3.63) is 17.5 Å². The Kier molecular flexibility index (Phi) is 6.07. The van der Waals surface area contributed by atoms with Crippen LogP contribution in [-0.2, 0) is 13.6 Å². The second-order valence-electron chi connectivity index (χ2n) is 4.68. The number of nitrogens with one attached hydrogen (secondary N) is 2. The van der Waals surface area contributed by atoms with Crippen LogP contribution in [0.15, 0.2) is 6.20 Å². The highest BCUT2D eigenvalue weighted by Crippen LogP contribution is 2.03. The fraction of sp³-hybridized carbons (Fsp3) is 0.667. The molecule has 0 amide bonds. The van der Waals surface area contributed by atoms with Crippen molar-refractivity contribution in [1.29, 1.82) is 0 Å². The molecule has 5 nitrogen and oxygen atoms in total. The van der Waals surface area contributed by atoms with E-state index in [0.29, 0.717) is 5.11 Å². The lowest BCUT2D eigenvalue weighted by molar-refractivity contribution is 0.400. The summed E-state index contributed by atoms with van der Waals surface area (Å²) in [5, 5.41) is 11.4. The molecule has 1 aromatic heterocycles. The molecular formula is C12H23N5S. The molecule has 0 unspecified atom stereocenters. The number of hydrogen-bond acceptors (Lipinski definition) is 3. The fourth-order valence-corrected chi connectivity index (χ4v) is 1.83. The molecule has 2 N–H and O–H groups in total. The van der Waals surface area contributed by atoms with E-state index in [9.17, 15) is 0 Å². The van der Waals surface area contributed by atoms with E-state index in [-0.39, 0.29) is 0 Å². The molecule has 102 valence electrons. The molecule has 6 heteroatoms. The molecule has 1 rings (SSSR count).